The van der Waals surface area contributed by atoms with Crippen molar-refractivity contribution >= 4 is 29.3 Å². The monoisotopic (exact) mass is 462 g/mol. The maximum absolute atomic E-state index is 13.6. The zero-order valence-corrected chi connectivity index (χ0v) is 18.2. The Morgan fingerprint density at radius 1 is 1.09 bits per heavy atom. The highest BCUT2D eigenvalue weighted by atomic mass is 32.2. The van der Waals surface area contributed by atoms with Crippen LogP contribution in [0.4, 0.5) is 18.9 Å². The van der Waals surface area contributed by atoms with Crippen molar-refractivity contribution in [2.75, 3.05) is 11.9 Å². The van der Waals surface area contributed by atoms with Crippen LogP contribution in [0.25, 0.3) is 0 Å². The first kappa shape index (κ1) is 23.4. The third-order valence-corrected chi connectivity index (χ3v) is 5.55. The van der Waals surface area contributed by atoms with E-state index in [4.69, 9.17) is 0 Å². The van der Waals surface area contributed by atoms with Crippen LogP contribution in [-0.4, -0.2) is 33.6 Å². The van der Waals surface area contributed by atoms with E-state index in [0.717, 1.165) is 23.0 Å². The number of aryl methyl sites for hydroxylation is 1. The highest BCUT2D eigenvalue weighted by Crippen LogP contribution is 2.23. The van der Waals surface area contributed by atoms with Crippen LogP contribution in [-0.2, 0) is 16.0 Å². The molecule has 0 aliphatic heterocycles. The second-order valence-corrected chi connectivity index (χ2v) is 8.35. The molecule has 0 saturated heterocycles. The number of aromatic nitrogens is 2. The molecule has 1 heterocycles. The lowest BCUT2D eigenvalue weighted by molar-refractivity contribution is -0.123. The molecule has 0 spiro atoms. The van der Waals surface area contributed by atoms with Gasteiger partial charge in [0.15, 0.2) is 22.6 Å². The molecular weight excluding hydrogens is 441 g/mol. The maximum Gasteiger partial charge on any atom is 0.243 e. The van der Waals surface area contributed by atoms with Gasteiger partial charge in [-0.3, -0.25) is 9.59 Å². The normalized spacial score (nSPS) is 11.8. The van der Waals surface area contributed by atoms with E-state index >= 15 is 0 Å². The van der Waals surface area contributed by atoms with Gasteiger partial charge in [0.25, 0.3) is 0 Å². The van der Waals surface area contributed by atoms with Crippen molar-refractivity contribution < 1.29 is 22.8 Å². The molecule has 0 radical (unpaired) electrons. The molecule has 0 aliphatic rings. The third kappa shape index (κ3) is 5.91. The molecule has 10 heteroatoms. The van der Waals surface area contributed by atoms with Crippen LogP contribution in [0.3, 0.4) is 0 Å². The van der Waals surface area contributed by atoms with E-state index in [1.807, 2.05) is 37.3 Å². The fourth-order valence-electron chi connectivity index (χ4n) is 2.83. The fourth-order valence-corrected chi connectivity index (χ4v) is 3.73. The lowest BCUT2D eigenvalue weighted by Gasteiger charge is -2.11. The summed E-state index contributed by atoms with van der Waals surface area (Å²) in [4.78, 5) is 31.9. The summed E-state index contributed by atoms with van der Waals surface area (Å²) >= 11 is 1.20. The zero-order chi connectivity index (χ0) is 23.3. The topological polar surface area (TPSA) is 86.9 Å². The third-order valence-electron chi connectivity index (χ3n) is 4.57. The van der Waals surface area contributed by atoms with Crippen LogP contribution in [0.5, 0.6) is 0 Å². The number of halogens is 3. The van der Waals surface area contributed by atoms with Gasteiger partial charge < -0.3 is 15.6 Å². The summed E-state index contributed by atoms with van der Waals surface area (Å²) < 4.78 is 39.8. The van der Waals surface area contributed by atoms with Crippen molar-refractivity contribution in [3.8, 4) is 0 Å². The molecule has 32 heavy (non-hydrogen) atoms. The van der Waals surface area contributed by atoms with Crippen LogP contribution in [0.1, 0.15) is 23.9 Å². The molecule has 3 N–H and O–H groups in total. The molecule has 1 atom stereocenters. The van der Waals surface area contributed by atoms with E-state index in [0.29, 0.717) is 17.6 Å². The number of imidazole rings is 1. The van der Waals surface area contributed by atoms with Crippen LogP contribution in [0, 0.1) is 24.4 Å². The number of anilines is 1. The molecule has 6 nitrogen and oxygen atoms in total. The number of amides is 2. The first-order valence-electron chi connectivity index (χ1n) is 9.71. The molecule has 2 amide bonds. The fraction of sp³-hybridized carbons (Fsp3) is 0.227. The Hall–Kier alpha value is -3.27. The molecule has 0 saturated carbocycles. The number of nitrogens with zero attached hydrogens (tertiary/aromatic N) is 1. The summed E-state index contributed by atoms with van der Waals surface area (Å²) in [6, 6.07) is 11.5. The number of hydrogen-bond donors (Lipinski definition) is 3. The molecular formula is C22H21F3N4O2S. The summed E-state index contributed by atoms with van der Waals surface area (Å²) in [5.41, 5.74) is 2.38. The number of thioether (sulfide) groups is 1. The summed E-state index contributed by atoms with van der Waals surface area (Å²) in [5.74, 6) is -5.76. The number of rotatable bonds is 8. The number of H-pyrrole nitrogens is 1. The molecule has 1 aromatic heterocycles. The van der Waals surface area contributed by atoms with Gasteiger partial charge in [-0.1, -0.05) is 42.1 Å². The summed E-state index contributed by atoms with van der Waals surface area (Å²) in [6.45, 7) is 3.10. The summed E-state index contributed by atoms with van der Waals surface area (Å²) in [5, 5.41) is 4.52. The Bertz CT molecular complexity index is 1120. The zero-order valence-electron chi connectivity index (χ0n) is 17.3. The first-order chi connectivity index (χ1) is 15.2. The van der Waals surface area contributed by atoms with E-state index in [-0.39, 0.29) is 0 Å². The van der Waals surface area contributed by atoms with Gasteiger partial charge >= 0.3 is 0 Å². The molecule has 0 fully saturated rings. The highest BCUT2D eigenvalue weighted by Gasteiger charge is 2.19. The SMILES string of the molecule is Cc1[nH]c(S[C@H](C)C(=O)NCC(=O)Nc2ccc(F)c(F)c2F)nc1Cc1ccccc1. The molecule has 2 aromatic carbocycles. The van der Waals surface area contributed by atoms with Crippen LogP contribution < -0.4 is 10.6 Å². The lowest BCUT2D eigenvalue weighted by atomic mass is 10.1. The number of carbonyl (C=O) groups excluding carboxylic acids is 2. The smallest absolute Gasteiger partial charge is 0.243 e. The predicted octanol–water partition coefficient (Wildman–Crippen LogP) is 3.96. The average molecular weight is 462 g/mol. The molecule has 3 aromatic rings. The average Bonchev–Trinajstić information content (AvgIpc) is 3.11. The van der Waals surface area contributed by atoms with Crippen LogP contribution >= 0.6 is 11.8 Å². The van der Waals surface area contributed by atoms with Gasteiger partial charge in [-0.25, -0.2) is 18.2 Å². The van der Waals surface area contributed by atoms with Gasteiger partial charge in [-0.05, 0) is 31.5 Å². The minimum Gasteiger partial charge on any atom is -0.346 e. The van der Waals surface area contributed by atoms with Crippen molar-refractivity contribution in [1.29, 1.82) is 0 Å². The molecule has 0 bridgehead atoms. The number of carbonyl (C=O) groups is 2. The van der Waals surface area contributed by atoms with Gasteiger partial charge in [-0.15, -0.1) is 0 Å². The van der Waals surface area contributed by atoms with Crippen LogP contribution in [0.15, 0.2) is 47.6 Å². The van der Waals surface area contributed by atoms with Gasteiger partial charge in [0.1, 0.15) is 0 Å². The maximum atomic E-state index is 13.6. The molecule has 0 aliphatic carbocycles. The van der Waals surface area contributed by atoms with E-state index in [1.54, 1.807) is 6.92 Å². The van der Waals surface area contributed by atoms with E-state index in [2.05, 4.69) is 20.6 Å². The quantitative estimate of drug-likeness (QED) is 0.349. The first-order valence-corrected chi connectivity index (χ1v) is 10.6. The van der Waals surface area contributed by atoms with Crippen LogP contribution in [0.2, 0.25) is 0 Å². The highest BCUT2D eigenvalue weighted by molar-refractivity contribution is 8.00. The Morgan fingerprint density at radius 2 is 1.81 bits per heavy atom. The van der Waals surface area contributed by atoms with Crippen molar-refractivity contribution in [1.82, 2.24) is 15.3 Å². The van der Waals surface area contributed by atoms with Gasteiger partial charge in [0.05, 0.1) is 23.2 Å². The number of aromatic amines is 1. The number of hydrogen-bond acceptors (Lipinski definition) is 4. The van der Waals surface area contributed by atoms with Crippen molar-refractivity contribution in [2.45, 2.75) is 30.7 Å². The summed E-state index contributed by atoms with van der Waals surface area (Å²) in [7, 11) is 0. The standard InChI is InChI=1S/C22H21F3N4O2S/c1-12-17(10-14-6-4-3-5-7-14)29-22(27-12)32-13(2)21(31)26-11-18(30)28-16-9-8-15(23)19(24)20(16)25/h3-9,13H,10-11H2,1-2H3,(H,26,31)(H,27,29)(H,28,30)/t13-/m1/s1. The molecule has 3 rings (SSSR count). The van der Waals surface area contributed by atoms with E-state index in [9.17, 15) is 22.8 Å². The second-order valence-electron chi connectivity index (χ2n) is 7.02. The lowest BCUT2D eigenvalue weighted by Crippen LogP contribution is -2.37. The van der Waals surface area contributed by atoms with Gasteiger partial charge in [-0.2, -0.15) is 0 Å². The van der Waals surface area contributed by atoms with E-state index in [1.165, 1.54) is 11.8 Å². The minimum absolute atomic E-state index is 0.436. The van der Waals surface area contributed by atoms with Gasteiger partial charge in [0, 0.05) is 12.1 Å². The Balaban J connectivity index is 1.51. The van der Waals surface area contributed by atoms with Crippen molar-refractivity contribution in [3.05, 3.63) is 76.9 Å². The minimum atomic E-state index is -1.68. The Labute approximate surface area is 187 Å². The molecule has 0 unspecified atom stereocenters. The number of benzene rings is 2. The second kappa shape index (κ2) is 10.4. The molecule has 168 valence electrons. The Kier molecular flexibility index (Phi) is 7.57. The summed E-state index contributed by atoms with van der Waals surface area (Å²) in [6.07, 6.45) is 0.658. The van der Waals surface area contributed by atoms with Gasteiger partial charge in [0.2, 0.25) is 11.8 Å². The van der Waals surface area contributed by atoms with Crippen molar-refractivity contribution in [2.24, 2.45) is 0 Å². The van der Waals surface area contributed by atoms with Crippen molar-refractivity contribution in [3.63, 3.8) is 0 Å². The van der Waals surface area contributed by atoms with E-state index < -0.39 is 46.7 Å². The largest absolute Gasteiger partial charge is 0.346 e. The predicted molar refractivity (Wildman–Crippen MR) is 116 cm³/mol. The number of nitrogens with one attached hydrogen (secondary N) is 3. The Morgan fingerprint density at radius 3 is 2.53 bits per heavy atom.